The van der Waals surface area contributed by atoms with Crippen molar-refractivity contribution in [3.8, 4) is 10.8 Å². The average Bonchev–Trinajstić information content (AvgIpc) is 3.12. The van der Waals surface area contributed by atoms with Crippen LogP contribution in [0.25, 0.3) is 10.8 Å². The van der Waals surface area contributed by atoms with Gasteiger partial charge in [-0.15, -0.1) is 11.3 Å². The molecule has 0 saturated carbocycles. The normalized spacial score (nSPS) is 18.7. The molecule has 0 aliphatic carbocycles. The van der Waals surface area contributed by atoms with E-state index in [-0.39, 0.29) is 11.9 Å². The molecule has 0 radical (unpaired) electrons. The fourth-order valence-electron chi connectivity index (χ4n) is 2.89. The highest BCUT2D eigenvalue weighted by atomic mass is 32.1. The molecule has 2 aromatic heterocycles. The Morgan fingerprint density at radius 1 is 1.45 bits per heavy atom. The molecule has 3 heterocycles. The Hall–Kier alpha value is -1.66. The van der Waals surface area contributed by atoms with E-state index in [2.05, 4.69) is 4.98 Å². The van der Waals surface area contributed by atoms with E-state index >= 15 is 0 Å². The number of aryl methyl sites for hydroxylation is 2. The topological polar surface area (TPSA) is 72.4 Å². The first-order valence-electron chi connectivity index (χ1n) is 7.65. The number of piperidine rings is 1. The summed E-state index contributed by atoms with van der Waals surface area (Å²) in [6, 6.07) is 3.95. The van der Waals surface area contributed by atoms with Gasteiger partial charge in [-0.3, -0.25) is 4.79 Å². The zero-order chi connectivity index (χ0) is 15.7. The highest BCUT2D eigenvalue weighted by Crippen LogP contribution is 2.31. The molecular formula is C16H21N3O2S. The molecule has 1 saturated heterocycles. The Bertz CT molecular complexity index is 677. The minimum absolute atomic E-state index is 0.0553. The molecule has 0 spiro atoms. The fourth-order valence-corrected chi connectivity index (χ4v) is 3.88. The predicted molar refractivity (Wildman–Crippen MR) is 87.0 cm³/mol. The number of carbonyl (C=O) groups is 1. The number of thiazole rings is 1. The summed E-state index contributed by atoms with van der Waals surface area (Å²) >= 11 is 1.40. The quantitative estimate of drug-likeness (QED) is 0.944. The van der Waals surface area contributed by atoms with Crippen molar-refractivity contribution in [2.45, 2.75) is 39.2 Å². The van der Waals surface area contributed by atoms with E-state index in [4.69, 9.17) is 10.2 Å². The summed E-state index contributed by atoms with van der Waals surface area (Å²) in [7, 11) is 0. The molecule has 22 heavy (non-hydrogen) atoms. The van der Waals surface area contributed by atoms with Gasteiger partial charge in [0.25, 0.3) is 5.91 Å². The van der Waals surface area contributed by atoms with Gasteiger partial charge in [0.2, 0.25) is 0 Å². The zero-order valence-electron chi connectivity index (χ0n) is 13.0. The molecule has 1 fully saturated rings. The highest BCUT2D eigenvalue weighted by molar-refractivity contribution is 7.17. The van der Waals surface area contributed by atoms with Gasteiger partial charge in [-0.25, -0.2) is 4.98 Å². The Morgan fingerprint density at radius 3 is 2.95 bits per heavy atom. The van der Waals surface area contributed by atoms with Crippen LogP contribution in [0.15, 0.2) is 16.5 Å². The van der Waals surface area contributed by atoms with Crippen LogP contribution in [-0.2, 0) is 0 Å². The van der Waals surface area contributed by atoms with Crippen LogP contribution in [0.2, 0.25) is 0 Å². The molecule has 1 atom stereocenters. The minimum atomic E-state index is 0.0553. The summed E-state index contributed by atoms with van der Waals surface area (Å²) < 4.78 is 5.61. The van der Waals surface area contributed by atoms with Crippen LogP contribution >= 0.6 is 11.3 Å². The largest absolute Gasteiger partial charge is 0.459 e. The van der Waals surface area contributed by atoms with E-state index in [1.165, 1.54) is 11.3 Å². The fraction of sp³-hybridized carbons (Fsp3) is 0.500. The van der Waals surface area contributed by atoms with E-state index in [1.54, 1.807) is 0 Å². The van der Waals surface area contributed by atoms with Crippen molar-refractivity contribution in [3.63, 3.8) is 0 Å². The van der Waals surface area contributed by atoms with E-state index in [1.807, 2.05) is 30.9 Å². The number of amides is 1. The summed E-state index contributed by atoms with van der Waals surface area (Å²) in [5.41, 5.74) is 6.59. The predicted octanol–water partition coefficient (Wildman–Crippen LogP) is 2.97. The second kappa shape index (κ2) is 6.22. The lowest BCUT2D eigenvalue weighted by Crippen LogP contribution is -2.47. The van der Waals surface area contributed by atoms with Gasteiger partial charge >= 0.3 is 0 Å². The van der Waals surface area contributed by atoms with Crippen LogP contribution < -0.4 is 5.73 Å². The number of hydrogen-bond donors (Lipinski definition) is 1. The van der Waals surface area contributed by atoms with Crippen molar-refractivity contribution >= 4 is 17.2 Å². The Morgan fingerprint density at radius 2 is 2.27 bits per heavy atom. The molecule has 1 aliphatic rings. The van der Waals surface area contributed by atoms with Crippen LogP contribution in [0.1, 0.15) is 40.4 Å². The molecule has 2 N–H and O–H groups in total. The van der Waals surface area contributed by atoms with Gasteiger partial charge in [0, 0.05) is 19.1 Å². The monoisotopic (exact) mass is 319 g/mol. The maximum atomic E-state index is 12.8. The number of rotatable bonds is 3. The molecule has 3 rings (SSSR count). The van der Waals surface area contributed by atoms with Gasteiger partial charge in [-0.05, 0) is 45.2 Å². The van der Waals surface area contributed by atoms with Crippen molar-refractivity contribution in [2.75, 3.05) is 13.1 Å². The van der Waals surface area contributed by atoms with Crippen LogP contribution in [0, 0.1) is 13.8 Å². The molecule has 6 heteroatoms. The summed E-state index contributed by atoms with van der Waals surface area (Å²) in [6.07, 6.45) is 3.18. The smallest absolute Gasteiger partial charge is 0.266 e. The van der Waals surface area contributed by atoms with Gasteiger partial charge in [0.05, 0.1) is 5.69 Å². The van der Waals surface area contributed by atoms with Crippen LogP contribution in [0.4, 0.5) is 0 Å². The molecule has 5 nitrogen and oxygen atoms in total. The van der Waals surface area contributed by atoms with E-state index in [9.17, 15) is 4.79 Å². The average molecular weight is 319 g/mol. The molecule has 1 aliphatic heterocycles. The number of nitrogens with two attached hydrogens (primary N) is 1. The lowest BCUT2D eigenvalue weighted by molar-refractivity contribution is 0.0627. The van der Waals surface area contributed by atoms with E-state index in [0.29, 0.717) is 11.4 Å². The molecule has 0 aromatic carbocycles. The van der Waals surface area contributed by atoms with Gasteiger partial charge in [-0.1, -0.05) is 0 Å². The van der Waals surface area contributed by atoms with E-state index in [0.717, 1.165) is 48.0 Å². The SMILES string of the molecule is Cc1ccc(-c2nc(C)c(C(=O)N3CCCCC3CN)s2)o1. The van der Waals surface area contributed by atoms with Gasteiger partial charge in [-0.2, -0.15) is 0 Å². The van der Waals surface area contributed by atoms with Crippen LogP contribution in [-0.4, -0.2) is 34.9 Å². The minimum Gasteiger partial charge on any atom is -0.459 e. The second-order valence-corrected chi connectivity index (χ2v) is 6.73. The first-order valence-corrected chi connectivity index (χ1v) is 8.47. The third-order valence-corrected chi connectivity index (χ3v) is 5.26. The molecule has 1 unspecified atom stereocenters. The van der Waals surface area contributed by atoms with Crippen molar-refractivity contribution < 1.29 is 9.21 Å². The number of furan rings is 1. The zero-order valence-corrected chi connectivity index (χ0v) is 13.8. The van der Waals surface area contributed by atoms with Crippen LogP contribution in [0.5, 0.6) is 0 Å². The number of hydrogen-bond acceptors (Lipinski definition) is 5. The summed E-state index contributed by atoms with van der Waals surface area (Å²) in [5.74, 6) is 1.62. The molecule has 118 valence electrons. The van der Waals surface area contributed by atoms with Crippen molar-refractivity contribution in [3.05, 3.63) is 28.5 Å². The third-order valence-electron chi connectivity index (χ3n) is 4.10. The number of nitrogens with zero attached hydrogens (tertiary/aromatic N) is 2. The van der Waals surface area contributed by atoms with Crippen molar-refractivity contribution in [1.29, 1.82) is 0 Å². The number of carbonyl (C=O) groups excluding carboxylic acids is 1. The molecular weight excluding hydrogens is 298 g/mol. The Labute approximate surface area is 134 Å². The standard InChI is InChI=1S/C16H21N3O2S/c1-10-6-7-13(21-10)15-18-11(2)14(22-15)16(20)19-8-4-3-5-12(19)9-17/h6-7,12H,3-5,8-9,17H2,1-2H3. The van der Waals surface area contributed by atoms with Gasteiger partial charge < -0.3 is 15.1 Å². The lowest BCUT2D eigenvalue weighted by Gasteiger charge is -2.34. The Kier molecular flexibility index (Phi) is 4.31. The van der Waals surface area contributed by atoms with Crippen molar-refractivity contribution in [1.82, 2.24) is 9.88 Å². The first-order chi connectivity index (χ1) is 10.6. The highest BCUT2D eigenvalue weighted by Gasteiger charge is 2.29. The molecule has 0 bridgehead atoms. The first kappa shape index (κ1) is 15.2. The second-order valence-electron chi connectivity index (χ2n) is 5.73. The number of aromatic nitrogens is 1. The summed E-state index contributed by atoms with van der Waals surface area (Å²) in [5, 5.41) is 0.759. The lowest BCUT2D eigenvalue weighted by atomic mass is 10.0. The van der Waals surface area contributed by atoms with Gasteiger partial charge in [0.15, 0.2) is 10.8 Å². The third kappa shape index (κ3) is 2.80. The van der Waals surface area contributed by atoms with Crippen LogP contribution in [0.3, 0.4) is 0 Å². The maximum Gasteiger partial charge on any atom is 0.266 e. The van der Waals surface area contributed by atoms with E-state index < -0.39 is 0 Å². The Balaban J connectivity index is 1.88. The summed E-state index contributed by atoms with van der Waals surface area (Å²) in [6.45, 7) is 5.08. The maximum absolute atomic E-state index is 12.8. The molecule has 1 amide bonds. The number of likely N-dealkylation sites (tertiary alicyclic amines) is 1. The van der Waals surface area contributed by atoms with Gasteiger partial charge in [0.1, 0.15) is 10.6 Å². The summed E-state index contributed by atoms with van der Waals surface area (Å²) in [4.78, 5) is 20.0. The molecule has 2 aromatic rings. The van der Waals surface area contributed by atoms with Crippen molar-refractivity contribution in [2.24, 2.45) is 5.73 Å².